The van der Waals surface area contributed by atoms with E-state index in [9.17, 15) is 48.9 Å². The van der Waals surface area contributed by atoms with Gasteiger partial charge >= 0.3 is 5.97 Å². The van der Waals surface area contributed by atoms with Gasteiger partial charge in [0.2, 0.25) is 35.4 Å². The summed E-state index contributed by atoms with van der Waals surface area (Å²) in [5, 5.41) is 45.1. The number of aliphatic hydroxyl groups is 2. The number of rotatable bonds is 24. The van der Waals surface area contributed by atoms with Crippen LogP contribution < -0.4 is 38.1 Å². The van der Waals surface area contributed by atoms with E-state index in [0.29, 0.717) is 43.4 Å². The lowest BCUT2D eigenvalue weighted by molar-refractivity contribution is -0.150. The number of carbonyl (C=O) groups is 7. The molecule has 1 saturated heterocycles. The van der Waals surface area contributed by atoms with E-state index in [1.54, 1.807) is 19.3 Å². The van der Waals surface area contributed by atoms with E-state index in [0.717, 1.165) is 26.7 Å². The smallest absolute Gasteiger partial charge is 0.326 e. The number of benzene rings is 2. The number of nitrogens with zero attached hydrogens (tertiary/aromatic N) is 1. The molecule has 0 aliphatic carbocycles. The molecule has 5 rings (SSSR count). The number of amides is 6. The van der Waals surface area contributed by atoms with Gasteiger partial charge in [0.1, 0.15) is 42.3 Å². The lowest BCUT2D eigenvalue weighted by atomic mass is 9.97. The molecule has 3 heterocycles. The molecule has 1 fully saturated rings. The number of hydrogen-bond acceptors (Lipinski definition) is 11. The number of carboxylic acids is 1. The molecular weight excluding hydrogens is 853 g/mol. The van der Waals surface area contributed by atoms with Crippen molar-refractivity contribution >= 4 is 63.2 Å². The zero-order chi connectivity index (χ0) is 48.1. The third-order valence-corrected chi connectivity index (χ3v) is 12.2. The van der Waals surface area contributed by atoms with Crippen molar-refractivity contribution in [1.29, 1.82) is 0 Å². The topological polar surface area (TPSA) is 327 Å². The molecule has 14 N–H and O–H groups in total. The number of aliphatic hydroxyl groups excluding tert-OH is 2. The van der Waals surface area contributed by atoms with Gasteiger partial charge < -0.3 is 68.2 Å². The Hall–Kier alpha value is -6.35. The van der Waals surface area contributed by atoms with Gasteiger partial charge in [0, 0.05) is 53.6 Å². The summed E-state index contributed by atoms with van der Waals surface area (Å²) in [7, 11) is 0. The van der Waals surface area contributed by atoms with Gasteiger partial charge in [-0.2, -0.15) is 0 Å². The first-order chi connectivity index (χ1) is 31.6. The SMILES string of the molecule is CC[C@H](C)[C@H](NC(=O)[C@@H](N)CO)C(=O)N[C@@H](CCCCN)C(=O)N[C@@H](Cc1c[nH]c2ccccc12)C(=O)N[C@@H](Cc1c[nH]c2ccccc12)C(=O)N[C@H](C(=O)N1CCC[C@H]1C(=O)O)[C@@H](C)O. The molecule has 0 radical (unpaired) electrons. The highest BCUT2D eigenvalue weighted by Crippen LogP contribution is 2.23. The minimum Gasteiger partial charge on any atom is -0.480 e. The molecule has 2 aromatic heterocycles. The maximum Gasteiger partial charge on any atom is 0.326 e. The van der Waals surface area contributed by atoms with Crippen LogP contribution in [0.3, 0.4) is 0 Å². The number of nitrogens with one attached hydrogen (secondary N) is 7. The van der Waals surface area contributed by atoms with Crippen LogP contribution >= 0.6 is 0 Å². The largest absolute Gasteiger partial charge is 0.480 e. The lowest BCUT2D eigenvalue weighted by Gasteiger charge is -2.30. The van der Waals surface area contributed by atoms with Crippen molar-refractivity contribution < 1.29 is 48.9 Å². The average Bonchev–Trinajstić information content (AvgIpc) is 4.07. The maximum atomic E-state index is 14.8. The Labute approximate surface area is 382 Å². The number of nitrogens with two attached hydrogens (primary N) is 2. The van der Waals surface area contributed by atoms with Gasteiger partial charge in [-0.15, -0.1) is 0 Å². The highest BCUT2D eigenvalue weighted by Gasteiger charge is 2.41. The molecule has 0 saturated carbocycles. The molecule has 20 nitrogen and oxygen atoms in total. The standard InChI is InChI=1S/C46H64N10O10/c1-4-25(2)38(54-40(59)31(48)24-57)44(63)51-34(16-9-10-18-47)41(60)52-35(20-27-22-49-32-14-7-5-12-29(27)32)42(61)53-36(21-28-23-50-33-15-8-6-13-30(28)33)43(62)55-39(26(3)58)45(64)56-19-11-17-37(56)46(65)66/h5-8,12-15,22-23,25-26,31,34-39,49-50,57-58H,4,9-11,16-21,24,47-48H2,1-3H3,(H,51,63)(H,52,60)(H,53,61)(H,54,59)(H,55,62)(H,65,66)/t25-,26+,31-,34-,35-,36-,37-,38-,39-/m0/s1. The third kappa shape index (κ3) is 12.7. The molecule has 0 unspecified atom stereocenters. The number of unbranched alkanes of at least 4 members (excludes halogenated alkanes) is 1. The van der Waals surface area contributed by atoms with Crippen molar-refractivity contribution in [3.05, 3.63) is 72.1 Å². The summed E-state index contributed by atoms with van der Waals surface area (Å²) in [6.07, 6.45) is 3.83. The number of likely N-dealkylation sites (tertiary alicyclic amines) is 1. The summed E-state index contributed by atoms with van der Waals surface area (Å²) in [6, 6.07) is 5.52. The molecule has 1 aliphatic rings. The number of aromatic nitrogens is 2. The predicted molar refractivity (Wildman–Crippen MR) is 245 cm³/mol. The van der Waals surface area contributed by atoms with Gasteiger partial charge in [-0.05, 0) is 74.8 Å². The summed E-state index contributed by atoms with van der Waals surface area (Å²) < 4.78 is 0. The van der Waals surface area contributed by atoms with Gasteiger partial charge in [0.05, 0.1) is 12.7 Å². The van der Waals surface area contributed by atoms with Crippen molar-refractivity contribution in [3.63, 3.8) is 0 Å². The van der Waals surface area contributed by atoms with Gasteiger partial charge in [-0.3, -0.25) is 28.8 Å². The minimum atomic E-state index is -1.57. The van der Waals surface area contributed by atoms with E-state index in [1.807, 2.05) is 55.5 Å². The van der Waals surface area contributed by atoms with Crippen molar-refractivity contribution in [2.24, 2.45) is 17.4 Å². The molecule has 9 atom stereocenters. The van der Waals surface area contributed by atoms with Gasteiger partial charge in [-0.25, -0.2) is 4.79 Å². The van der Waals surface area contributed by atoms with Crippen molar-refractivity contribution in [1.82, 2.24) is 41.5 Å². The van der Waals surface area contributed by atoms with E-state index in [4.69, 9.17) is 11.5 Å². The summed E-state index contributed by atoms with van der Waals surface area (Å²) in [5.74, 6) is -6.25. The second kappa shape index (κ2) is 23.7. The Morgan fingerprint density at radius 1 is 0.742 bits per heavy atom. The van der Waals surface area contributed by atoms with Crippen LogP contribution in [-0.2, 0) is 46.4 Å². The second-order valence-corrected chi connectivity index (χ2v) is 17.0. The maximum absolute atomic E-state index is 14.8. The normalized spacial score (nSPS) is 17.4. The van der Waals surface area contributed by atoms with Crippen molar-refractivity contribution in [2.45, 2.75) is 121 Å². The Morgan fingerprint density at radius 3 is 1.77 bits per heavy atom. The Balaban J connectivity index is 1.48. The second-order valence-electron chi connectivity index (χ2n) is 17.0. The third-order valence-electron chi connectivity index (χ3n) is 12.2. The van der Waals surface area contributed by atoms with E-state index in [2.05, 4.69) is 36.6 Å². The molecule has 20 heteroatoms. The molecule has 4 aromatic rings. The van der Waals surface area contributed by atoms with Crippen LogP contribution in [-0.4, -0.2) is 140 Å². The van der Waals surface area contributed by atoms with Crippen LogP contribution in [0, 0.1) is 5.92 Å². The fourth-order valence-electron chi connectivity index (χ4n) is 8.18. The first-order valence-electron chi connectivity index (χ1n) is 22.5. The first kappa shape index (κ1) is 50.6. The molecular formula is C46H64N10O10. The molecule has 2 aromatic carbocycles. The lowest BCUT2D eigenvalue weighted by Crippen LogP contribution is -2.62. The number of H-pyrrole nitrogens is 2. The van der Waals surface area contributed by atoms with E-state index < -0.39 is 102 Å². The summed E-state index contributed by atoms with van der Waals surface area (Å²) >= 11 is 0. The number of aromatic amines is 2. The number of aliphatic carboxylic acids is 1. The number of para-hydroxylation sites is 2. The van der Waals surface area contributed by atoms with Crippen LogP contribution in [0.5, 0.6) is 0 Å². The molecule has 66 heavy (non-hydrogen) atoms. The van der Waals surface area contributed by atoms with Crippen molar-refractivity contribution in [2.75, 3.05) is 19.7 Å². The Bertz CT molecular complexity index is 2330. The summed E-state index contributed by atoms with van der Waals surface area (Å²) in [6.45, 7) is 4.61. The molecule has 358 valence electrons. The minimum absolute atomic E-state index is 0.0859. The van der Waals surface area contributed by atoms with Gasteiger partial charge in [0.25, 0.3) is 0 Å². The fraction of sp³-hybridized carbons (Fsp3) is 0.500. The highest BCUT2D eigenvalue weighted by atomic mass is 16.4. The predicted octanol–water partition coefficient (Wildman–Crippen LogP) is -0.190. The highest BCUT2D eigenvalue weighted by molar-refractivity contribution is 5.98. The van der Waals surface area contributed by atoms with E-state index in [1.165, 1.54) is 6.92 Å². The Kier molecular flexibility index (Phi) is 18.2. The molecule has 6 amide bonds. The summed E-state index contributed by atoms with van der Waals surface area (Å²) in [4.78, 5) is 104. The fourth-order valence-corrected chi connectivity index (χ4v) is 8.18. The zero-order valence-electron chi connectivity index (χ0n) is 37.5. The summed E-state index contributed by atoms with van der Waals surface area (Å²) in [5.41, 5.74) is 14.3. The van der Waals surface area contributed by atoms with Crippen LogP contribution in [0.4, 0.5) is 0 Å². The van der Waals surface area contributed by atoms with E-state index >= 15 is 0 Å². The quantitative estimate of drug-likeness (QED) is 0.0407. The monoisotopic (exact) mass is 916 g/mol. The zero-order valence-corrected chi connectivity index (χ0v) is 37.5. The molecule has 1 aliphatic heterocycles. The first-order valence-corrected chi connectivity index (χ1v) is 22.5. The van der Waals surface area contributed by atoms with Crippen LogP contribution in [0.1, 0.15) is 70.4 Å². The van der Waals surface area contributed by atoms with Gasteiger partial charge in [-0.1, -0.05) is 56.7 Å². The Morgan fingerprint density at radius 2 is 1.26 bits per heavy atom. The number of fused-ring (bicyclic) bond motifs is 2. The molecule has 0 bridgehead atoms. The molecule has 0 spiro atoms. The van der Waals surface area contributed by atoms with Gasteiger partial charge in [0.15, 0.2) is 0 Å². The average molecular weight is 917 g/mol. The number of carbonyl (C=O) groups excluding carboxylic acids is 6. The number of hydrogen-bond donors (Lipinski definition) is 12. The van der Waals surface area contributed by atoms with E-state index in [-0.39, 0.29) is 32.2 Å². The number of carboxylic acid groups (broad SMARTS) is 1. The van der Waals surface area contributed by atoms with Crippen LogP contribution in [0.15, 0.2) is 60.9 Å². The van der Waals surface area contributed by atoms with Crippen molar-refractivity contribution in [3.8, 4) is 0 Å². The van der Waals surface area contributed by atoms with Crippen LogP contribution in [0.2, 0.25) is 0 Å². The van der Waals surface area contributed by atoms with Crippen LogP contribution in [0.25, 0.3) is 21.8 Å².